The van der Waals surface area contributed by atoms with Crippen molar-refractivity contribution in [3.05, 3.63) is 29.8 Å². The van der Waals surface area contributed by atoms with Crippen LogP contribution in [-0.2, 0) is 14.9 Å². The lowest BCUT2D eigenvalue weighted by Crippen LogP contribution is -2.63. The molecule has 1 aromatic rings. The van der Waals surface area contributed by atoms with E-state index in [1.807, 2.05) is 4.90 Å². The molecule has 1 aromatic carbocycles. The Bertz CT molecular complexity index is 1110. The van der Waals surface area contributed by atoms with E-state index in [1.165, 1.54) is 36.9 Å². The summed E-state index contributed by atoms with van der Waals surface area (Å²) in [5.41, 5.74) is 1.46. The largest absolute Gasteiger partial charge is 0.380 e. The van der Waals surface area contributed by atoms with Crippen molar-refractivity contribution in [3.8, 4) is 0 Å². The van der Waals surface area contributed by atoms with E-state index in [0.29, 0.717) is 31.0 Å². The molecule has 4 saturated heterocycles. The fourth-order valence-electron chi connectivity index (χ4n) is 9.01. The van der Waals surface area contributed by atoms with Gasteiger partial charge >= 0.3 is 0 Å². The minimum absolute atomic E-state index is 0.01000. The van der Waals surface area contributed by atoms with Gasteiger partial charge in [-0.05, 0) is 110 Å². The van der Waals surface area contributed by atoms with Crippen molar-refractivity contribution < 1.29 is 14.6 Å². The van der Waals surface area contributed by atoms with E-state index >= 15 is 0 Å². The van der Waals surface area contributed by atoms with Gasteiger partial charge in [0.25, 0.3) is 5.91 Å². The van der Waals surface area contributed by atoms with Crippen molar-refractivity contribution in [2.75, 3.05) is 31.1 Å². The van der Waals surface area contributed by atoms with Gasteiger partial charge in [0.1, 0.15) is 5.60 Å². The summed E-state index contributed by atoms with van der Waals surface area (Å²) < 4.78 is 6.41. The van der Waals surface area contributed by atoms with Crippen LogP contribution < -0.4 is 4.90 Å². The van der Waals surface area contributed by atoms with E-state index in [1.54, 1.807) is 6.92 Å². The Kier molecular flexibility index (Phi) is 9.57. The number of piperazine rings is 1. The predicted octanol–water partition coefficient (Wildman–Crippen LogP) is 5.82. The molecule has 4 aliphatic rings. The van der Waals surface area contributed by atoms with Gasteiger partial charge in [0.15, 0.2) is 0 Å². The number of carbonyl (C=O) groups excluding carboxylic acids is 1. The normalized spacial score (nSPS) is 33.8. The molecule has 7 atom stereocenters. The highest BCUT2D eigenvalue weighted by Crippen LogP contribution is 2.42. The van der Waals surface area contributed by atoms with Crippen LogP contribution in [0.4, 0.5) is 5.69 Å². The zero-order valence-corrected chi connectivity index (χ0v) is 29.5. The Morgan fingerprint density at radius 3 is 1.93 bits per heavy atom. The van der Waals surface area contributed by atoms with Crippen LogP contribution in [0, 0.1) is 0 Å². The van der Waals surface area contributed by atoms with E-state index < -0.39 is 5.60 Å². The van der Waals surface area contributed by atoms with Crippen molar-refractivity contribution in [2.45, 2.75) is 167 Å². The molecule has 0 aromatic heterocycles. The number of piperidine rings is 1. The second-order valence-corrected chi connectivity index (χ2v) is 17.0. The van der Waals surface area contributed by atoms with Gasteiger partial charge < -0.3 is 19.6 Å². The molecular formula is C37H62N4O3. The number of ether oxygens (including phenoxy) is 1. The van der Waals surface area contributed by atoms with Gasteiger partial charge in [0, 0.05) is 67.6 Å². The number of fused-ring (bicyclic) bond motifs is 2. The lowest BCUT2D eigenvalue weighted by atomic mass is 9.87. The number of hydrogen-bond donors (Lipinski definition) is 1. The molecule has 1 N–H and O–H groups in total. The first-order valence-corrected chi connectivity index (χ1v) is 17.5. The van der Waals surface area contributed by atoms with E-state index in [4.69, 9.17) is 4.74 Å². The van der Waals surface area contributed by atoms with E-state index in [-0.39, 0.29) is 41.2 Å². The second kappa shape index (κ2) is 12.5. The van der Waals surface area contributed by atoms with Gasteiger partial charge in [0.05, 0.1) is 12.2 Å². The van der Waals surface area contributed by atoms with Crippen LogP contribution in [-0.4, -0.2) is 105 Å². The number of aliphatic hydroxyl groups is 1. The maximum Gasteiger partial charge on any atom is 0.254 e. The molecule has 0 aliphatic carbocycles. The zero-order valence-electron chi connectivity index (χ0n) is 29.5. The van der Waals surface area contributed by atoms with Crippen molar-refractivity contribution in [1.29, 1.82) is 0 Å². The van der Waals surface area contributed by atoms with Gasteiger partial charge in [-0.25, -0.2) is 0 Å². The minimum atomic E-state index is -1.41. The van der Waals surface area contributed by atoms with Crippen molar-refractivity contribution in [3.63, 3.8) is 0 Å². The van der Waals surface area contributed by atoms with Gasteiger partial charge in [-0.3, -0.25) is 14.6 Å². The quantitative estimate of drug-likeness (QED) is 0.438. The zero-order chi connectivity index (χ0) is 32.2. The number of anilines is 1. The molecule has 7 heteroatoms. The first-order valence-electron chi connectivity index (χ1n) is 17.5. The van der Waals surface area contributed by atoms with E-state index in [0.717, 1.165) is 26.2 Å². The van der Waals surface area contributed by atoms with Gasteiger partial charge in [-0.15, -0.1) is 0 Å². The third kappa shape index (κ3) is 7.16. The molecule has 2 bridgehead atoms. The Balaban J connectivity index is 1.16. The van der Waals surface area contributed by atoms with Crippen LogP contribution in [0.3, 0.4) is 0 Å². The summed E-state index contributed by atoms with van der Waals surface area (Å²) in [6.45, 7) is 25.3. The van der Waals surface area contributed by atoms with Crippen LogP contribution in [0.15, 0.2) is 24.3 Å². The number of carbonyl (C=O) groups is 1. The summed E-state index contributed by atoms with van der Waals surface area (Å²) >= 11 is 0. The Labute approximate surface area is 268 Å². The molecule has 4 fully saturated rings. The van der Waals surface area contributed by atoms with E-state index in [9.17, 15) is 9.90 Å². The lowest BCUT2D eigenvalue weighted by Gasteiger charge is -2.51. The van der Waals surface area contributed by atoms with Crippen LogP contribution in [0.5, 0.6) is 0 Å². The number of nitrogens with zero attached hydrogens (tertiary/aromatic N) is 4. The topological polar surface area (TPSA) is 59.5 Å². The first-order chi connectivity index (χ1) is 20.4. The summed E-state index contributed by atoms with van der Waals surface area (Å²) in [6, 6.07) is 10.9. The minimum Gasteiger partial charge on any atom is -0.380 e. The van der Waals surface area contributed by atoms with Gasteiger partial charge in [-0.1, -0.05) is 32.9 Å². The molecule has 248 valence electrons. The number of rotatable bonds is 6. The highest BCUT2D eigenvalue weighted by atomic mass is 16.5. The maximum atomic E-state index is 13.9. The highest BCUT2D eigenvalue weighted by molar-refractivity contribution is 5.85. The average molecular weight is 611 g/mol. The smallest absolute Gasteiger partial charge is 0.254 e. The second-order valence-electron chi connectivity index (χ2n) is 17.0. The van der Waals surface area contributed by atoms with Crippen molar-refractivity contribution in [2.24, 2.45) is 0 Å². The van der Waals surface area contributed by atoms with Crippen LogP contribution >= 0.6 is 0 Å². The average Bonchev–Trinajstić information content (AvgIpc) is 3.21. The summed E-state index contributed by atoms with van der Waals surface area (Å²) in [5, 5.41) is 11.6. The molecule has 3 unspecified atom stereocenters. The predicted molar refractivity (Wildman–Crippen MR) is 180 cm³/mol. The summed E-state index contributed by atoms with van der Waals surface area (Å²) in [6.07, 6.45) is 6.44. The van der Waals surface area contributed by atoms with Crippen LogP contribution in [0.2, 0.25) is 0 Å². The molecule has 44 heavy (non-hydrogen) atoms. The summed E-state index contributed by atoms with van der Waals surface area (Å²) in [7, 11) is 0. The highest BCUT2D eigenvalue weighted by Gasteiger charge is 2.48. The van der Waals surface area contributed by atoms with Gasteiger partial charge in [-0.2, -0.15) is 0 Å². The fraction of sp³-hybridized carbons (Fsp3) is 0.811. The lowest BCUT2D eigenvalue weighted by molar-refractivity contribution is -0.157. The van der Waals surface area contributed by atoms with E-state index in [2.05, 4.69) is 101 Å². The van der Waals surface area contributed by atoms with Crippen LogP contribution in [0.1, 0.15) is 113 Å². The summed E-state index contributed by atoms with van der Waals surface area (Å²) in [4.78, 5) is 23.7. The monoisotopic (exact) mass is 610 g/mol. The third-order valence-electron chi connectivity index (χ3n) is 11.0. The maximum absolute atomic E-state index is 13.9. The van der Waals surface area contributed by atoms with Crippen molar-refractivity contribution >= 4 is 11.6 Å². The SMILES string of the molecule is C[C@@H]1CN(c2ccc(C(C)(C)C)cc2)C[C@H](C)N1C(=O)C(C)(O)CC[C@@H]1CN(C2CC3CCC(C2)N3C(C)(C)C)C[C@H](C)O1. The van der Waals surface area contributed by atoms with Crippen LogP contribution in [0.25, 0.3) is 0 Å². The number of amides is 1. The first kappa shape index (κ1) is 33.7. The molecule has 5 rings (SSSR count). The molecule has 4 heterocycles. The molecule has 7 nitrogen and oxygen atoms in total. The van der Waals surface area contributed by atoms with Crippen molar-refractivity contribution in [1.82, 2.24) is 14.7 Å². The molecule has 4 aliphatic heterocycles. The molecule has 1 amide bonds. The number of hydrogen-bond acceptors (Lipinski definition) is 6. The van der Waals surface area contributed by atoms with Gasteiger partial charge in [0.2, 0.25) is 0 Å². The summed E-state index contributed by atoms with van der Waals surface area (Å²) in [5.74, 6) is -0.146. The molecular weight excluding hydrogens is 548 g/mol. The molecule has 0 radical (unpaired) electrons. The Hall–Kier alpha value is -1.67. The Morgan fingerprint density at radius 1 is 0.841 bits per heavy atom. The molecule has 0 spiro atoms. The Morgan fingerprint density at radius 2 is 1.41 bits per heavy atom. The standard InChI is InChI=1S/C37H62N4O3/c1-25-21-38(29-13-11-28(12-14-29)35(4,5)6)22-26(2)40(25)34(42)37(10,43)18-17-33-24-39(23-27(3)44-33)32-19-30-15-16-31(20-32)41(30)36(7,8)9/h11-14,25-27,30-33,43H,15-24H2,1-10H3/t25-,26+,27-,30?,31?,32?,33+,37?/m0/s1. The number of benzene rings is 1. The molecule has 0 saturated carbocycles. The number of morpholine rings is 1. The fourth-order valence-corrected chi connectivity index (χ4v) is 9.01. The third-order valence-corrected chi connectivity index (χ3v) is 11.0.